The predicted octanol–water partition coefficient (Wildman–Crippen LogP) is 8.10. The van der Waals surface area contributed by atoms with Gasteiger partial charge in [-0.2, -0.15) is 0 Å². The number of ether oxygens (including phenoxy) is 4. The van der Waals surface area contributed by atoms with E-state index in [1.807, 2.05) is 4.90 Å². The summed E-state index contributed by atoms with van der Waals surface area (Å²) >= 11 is 0. The van der Waals surface area contributed by atoms with Gasteiger partial charge in [-0.3, -0.25) is 0 Å². The number of carbonyl (C=O) groups excluding carboxylic acids is 2. The topological polar surface area (TPSA) is 86.3 Å². The molecule has 0 radical (unpaired) electrons. The first kappa shape index (κ1) is 34.8. The summed E-state index contributed by atoms with van der Waals surface area (Å²) in [6.07, 6.45) is 9.32. The first-order valence-corrected chi connectivity index (χ1v) is 15.9. The number of hydrogen-bond donors (Lipinski definition) is 1. The van der Waals surface area contributed by atoms with Crippen LogP contribution in [0.5, 0.6) is 11.5 Å². The molecule has 0 saturated carbocycles. The monoisotopic (exact) mass is 608 g/mol. The van der Waals surface area contributed by atoms with Crippen LogP contribution in [0.4, 0.5) is 5.69 Å². The molecular weight excluding hydrogens is 556 g/mol. The highest BCUT2D eigenvalue weighted by atomic mass is 16.7. The number of nitrogens with zero attached hydrogens (tertiary/aromatic N) is 1. The molecule has 242 valence electrons. The summed E-state index contributed by atoms with van der Waals surface area (Å²) in [5.74, 6) is -1.37. The van der Waals surface area contributed by atoms with Crippen molar-refractivity contribution in [3.63, 3.8) is 0 Å². The lowest BCUT2D eigenvalue weighted by molar-refractivity contribution is -0.222. The average Bonchev–Trinajstić information content (AvgIpc) is 2.96. The molecule has 0 spiro atoms. The van der Waals surface area contributed by atoms with Gasteiger partial charge in [0.2, 0.25) is 0 Å². The Kier molecular flexibility index (Phi) is 12.6. The maximum Gasteiger partial charge on any atom is 0.352 e. The van der Waals surface area contributed by atoms with Crippen molar-refractivity contribution in [3.05, 3.63) is 65.0 Å². The molecule has 0 aliphatic carbocycles. The summed E-state index contributed by atoms with van der Waals surface area (Å²) in [6, 6.07) is 13.8. The molecule has 44 heavy (non-hydrogen) atoms. The quantitative estimate of drug-likeness (QED) is 0.0885. The van der Waals surface area contributed by atoms with Crippen molar-refractivity contribution in [1.82, 2.24) is 4.90 Å². The number of carbonyl (C=O) groups is 2. The van der Waals surface area contributed by atoms with E-state index < -0.39 is 17.7 Å². The minimum absolute atomic E-state index is 0.0252. The Morgan fingerprint density at radius 2 is 1.43 bits per heavy atom. The molecule has 2 aromatic carbocycles. The zero-order valence-corrected chi connectivity index (χ0v) is 28.0. The molecule has 0 aromatic heterocycles. The van der Waals surface area contributed by atoms with Crippen LogP contribution in [0.15, 0.2) is 53.9 Å². The second kappa shape index (κ2) is 15.9. The molecule has 8 heteroatoms. The van der Waals surface area contributed by atoms with E-state index in [0.29, 0.717) is 36.1 Å². The van der Waals surface area contributed by atoms with E-state index in [0.717, 1.165) is 24.8 Å². The SMILES string of the molecule is CCCCCCCCCCN(Cc1ccc(C(C)(C)C)cc1)C(Nc1ccc(OC)cc1OC)=C1C(=O)OC(C)(C)OC1=O. The molecular formula is C36H52N2O6. The second-order valence-electron chi connectivity index (χ2n) is 12.9. The largest absolute Gasteiger partial charge is 0.497 e. The van der Waals surface area contributed by atoms with Crippen molar-refractivity contribution in [2.75, 3.05) is 26.1 Å². The third-order valence-corrected chi connectivity index (χ3v) is 7.78. The van der Waals surface area contributed by atoms with Gasteiger partial charge in [0.1, 0.15) is 17.3 Å². The number of nitrogens with one attached hydrogen (secondary N) is 1. The van der Waals surface area contributed by atoms with Crippen LogP contribution >= 0.6 is 0 Å². The minimum Gasteiger partial charge on any atom is -0.497 e. The van der Waals surface area contributed by atoms with E-state index in [4.69, 9.17) is 18.9 Å². The van der Waals surface area contributed by atoms with Gasteiger partial charge in [0, 0.05) is 33.0 Å². The molecule has 0 atom stereocenters. The summed E-state index contributed by atoms with van der Waals surface area (Å²) in [7, 11) is 3.15. The number of esters is 2. The normalized spacial score (nSPS) is 14.5. The number of hydrogen-bond acceptors (Lipinski definition) is 8. The molecule has 1 saturated heterocycles. The van der Waals surface area contributed by atoms with Crippen LogP contribution in [0.25, 0.3) is 0 Å². The van der Waals surface area contributed by atoms with Gasteiger partial charge in [0.05, 0.1) is 19.9 Å². The average molecular weight is 609 g/mol. The Hall–Kier alpha value is -3.68. The van der Waals surface area contributed by atoms with Crippen LogP contribution in [0.1, 0.15) is 104 Å². The third-order valence-electron chi connectivity index (χ3n) is 7.78. The van der Waals surface area contributed by atoms with Crippen molar-refractivity contribution in [3.8, 4) is 11.5 Å². The van der Waals surface area contributed by atoms with E-state index in [1.165, 1.54) is 37.7 Å². The maximum absolute atomic E-state index is 13.4. The fraction of sp³-hybridized carbons (Fsp3) is 0.556. The van der Waals surface area contributed by atoms with Gasteiger partial charge >= 0.3 is 11.9 Å². The number of benzene rings is 2. The highest BCUT2D eigenvalue weighted by Gasteiger charge is 2.42. The number of cyclic esters (lactones) is 2. The van der Waals surface area contributed by atoms with Crippen LogP contribution < -0.4 is 14.8 Å². The van der Waals surface area contributed by atoms with Crippen molar-refractivity contribution in [2.24, 2.45) is 0 Å². The number of methoxy groups -OCH3 is 2. The minimum atomic E-state index is -1.36. The Labute approximate surface area is 264 Å². The molecule has 1 heterocycles. The van der Waals surface area contributed by atoms with Crippen molar-refractivity contribution in [2.45, 2.75) is 111 Å². The first-order chi connectivity index (χ1) is 20.9. The standard InChI is InChI=1S/C36H52N2O6/c1-9-10-11-12-13-14-15-16-23-38(25-26-17-19-27(20-18-26)35(2,3)4)32(31-33(39)43-36(5,6)44-34(31)40)37-29-22-21-28(41-7)24-30(29)42-8/h17-22,24,37H,9-16,23,25H2,1-8H3. The molecule has 1 aliphatic heterocycles. The lowest BCUT2D eigenvalue weighted by Gasteiger charge is -2.34. The van der Waals surface area contributed by atoms with Gasteiger partial charge < -0.3 is 29.2 Å². The zero-order chi connectivity index (χ0) is 32.3. The third kappa shape index (κ3) is 9.93. The molecule has 1 aliphatic rings. The Morgan fingerprint density at radius 3 is 1.98 bits per heavy atom. The van der Waals surface area contributed by atoms with Gasteiger partial charge in [-0.25, -0.2) is 9.59 Å². The summed E-state index contributed by atoms with van der Waals surface area (Å²) in [4.78, 5) is 28.9. The first-order valence-electron chi connectivity index (χ1n) is 15.9. The van der Waals surface area contributed by atoms with Gasteiger partial charge in [-0.1, -0.05) is 96.9 Å². The van der Waals surface area contributed by atoms with Crippen LogP contribution in [-0.2, 0) is 31.0 Å². The number of unbranched alkanes of at least 4 members (excludes halogenated alkanes) is 7. The van der Waals surface area contributed by atoms with Gasteiger partial charge in [-0.15, -0.1) is 0 Å². The highest BCUT2D eigenvalue weighted by molar-refractivity contribution is 6.16. The molecule has 8 nitrogen and oxygen atoms in total. The number of rotatable bonds is 16. The molecule has 0 unspecified atom stereocenters. The summed E-state index contributed by atoms with van der Waals surface area (Å²) in [5, 5.41) is 3.36. The lowest BCUT2D eigenvalue weighted by Crippen LogP contribution is -2.44. The van der Waals surface area contributed by atoms with Gasteiger partial charge in [0.25, 0.3) is 5.79 Å². The van der Waals surface area contributed by atoms with E-state index >= 15 is 0 Å². The van der Waals surface area contributed by atoms with E-state index in [-0.39, 0.29) is 11.0 Å². The maximum atomic E-state index is 13.4. The summed E-state index contributed by atoms with van der Waals surface area (Å²) in [5.41, 5.74) is 2.71. The van der Waals surface area contributed by atoms with Crippen molar-refractivity contribution >= 4 is 17.6 Å². The predicted molar refractivity (Wildman–Crippen MR) is 175 cm³/mol. The van der Waals surface area contributed by atoms with E-state index in [2.05, 4.69) is 57.3 Å². The van der Waals surface area contributed by atoms with Crippen LogP contribution in [0.3, 0.4) is 0 Å². The summed E-state index contributed by atoms with van der Waals surface area (Å²) in [6.45, 7) is 13.0. The molecule has 1 N–H and O–H groups in total. The zero-order valence-electron chi connectivity index (χ0n) is 28.0. The fourth-order valence-electron chi connectivity index (χ4n) is 5.21. The van der Waals surface area contributed by atoms with Crippen LogP contribution in [0.2, 0.25) is 0 Å². The number of anilines is 1. The molecule has 0 amide bonds. The molecule has 1 fully saturated rings. The molecule has 0 bridgehead atoms. The molecule has 2 aromatic rings. The van der Waals surface area contributed by atoms with E-state index in [1.54, 1.807) is 46.3 Å². The van der Waals surface area contributed by atoms with E-state index in [9.17, 15) is 9.59 Å². The van der Waals surface area contributed by atoms with Crippen molar-refractivity contribution < 1.29 is 28.5 Å². The Bertz CT molecular complexity index is 1250. The Balaban J connectivity index is 2.01. The highest BCUT2D eigenvalue weighted by Crippen LogP contribution is 2.34. The fourth-order valence-corrected chi connectivity index (χ4v) is 5.21. The van der Waals surface area contributed by atoms with Gasteiger partial charge in [-0.05, 0) is 35.1 Å². The van der Waals surface area contributed by atoms with Crippen LogP contribution in [-0.4, -0.2) is 43.4 Å². The van der Waals surface area contributed by atoms with Gasteiger partial charge in [0.15, 0.2) is 5.57 Å². The lowest BCUT2D eigenvalue weighted by atomic mass is 9.87. The Morgan fingerprint density at radius 1 is 0.841 bits per heavy atom. The smallest absolute Gasteiger partial charge is 0.352 e. The molecule has 3 rings (SSSR count). The van der Waals surface area contributed by atoms with Crippen LogP contribution in [0, 0.1) is 0 Å². The second-order valence-corrected chi connectivity index (χ2v) is 12.9. The summed E-state index contributed by atoms with van der Waals surface area (Å²) < 4.78 is 22.1. The van der Waals surface area contributed by atoms with Crippen molar-refractivity contribution in [1.29, 1.82) is 0 Å².